The summed E-state index contributed by atoms with van der Waals surface area (Å²) in [5, 5.41) is 51.7. The quantitative estimate of drug-likeness (QED) is 0.420. The predicted molar refractivity (Wildman–Crippen MR) is 118 cm³/mol. The van der Waals surface area contributed by atoms with E-state index in [9.17, 15) is 25.5 Å². The molecule has 1 saturated carbocycles. The average Bonchev–Trinajstić information content (AvgIpc) is 3.44. The molecule has 0 radical (unpaired) electrons. The van der Waals surface area contributed by atoms with Gasteiger partial charge in [-0.3, -0.25) is 0 Å². The molecule has 1 aliphatic heterocycles. The van der Waals surface area contributed by atoms with Gasteiger partial charge in [-0.1, -0.05) is 35.9 Å². The zero-order valence-corrected chi connectivity index (χ0v) is 18.5. The Bertz CT molecular complexity index is 924. The molecule has 2 aliphatic rings. The molecule has 0 amide bonds. The normalized spacial score (nSPS) is 34.0. The highest BCUT2D eigenvalue weighted by atomic mass is 35.5. The fourth-order valence-corrected chi connectivity index (χ4v) is 5.13. The summed E-state index contributed by atoms with van der Waals surface area (Å²) < 4.78 is 11.6. The molecule has 1 saturated heterocycles. The largest absolute Gasteiger partial charge is 0.494 e. The highest BCUT2D eigenvalue weighted by Crippen LogP contribution is 2.60. The Morgan fingerprint density at radius 3 is 2.22 bits per heavy atom. The van der Waals surface area contributed by atoms with Gasteiger partial charge in [-0.2, -0.15) is 0 Å². The van der Waals surface area contributed by atoms with Crippen LogP contribution in [0, 0.1) is 11.8 Å². The fourth-order valence-electron chi connectivity index (χ4n) is 4.94. The Hall–Kier alpha value is -1.71. The summed E-state index contributed by atoms with van der Waals surface area (Å²) >= 11 is 6.43. The molecule has 2 aromatic rings. The van der Waals surface area contributed by atoms with Crippen molar-refractivity contribution in [2.45, 2.75) is 43.4 Å². The summed E-state index contributed by atoms with van der Waals surface area (Å²) in [7, 11) is 0. The zero-order chi connectivity index (χ0) is 23.0. The third-order valence-electron chi connectivity index (χ3n) is 6.73. The van der Waals surface area contributed by atoms with E-state index in [1.165, 1.54) is 0 Å². The maximum Gasteiger partial charge on any atom is 0.119 e. The molecule has 2 aromatic carbocycles. The maximum absolute atomic E-state index is 10.7. The van der Waals surface area contributed by atoms with Crippen LogP contribution in [0.5, 0.6) is 5.75 Å². The standard InChI is InChI=1S/C24H29ClO7/c1-2-31-16-6-3-13(4-7-16)9-15-10-14(5-8-19(15)25)22-20(28)21(29)23(30)24(32-22)17(11-26)18(24)12-27/h3-8,10,17-18,20-23,26-30H,2,9,11-12H2,1H3/t17?,18?,20-,21?,22+,23+,24?/m1/s1. The number of hydrogen-bond acceptors (Lipinski definition) is 7. The van der Waals surface area contributed by atoms with E-state index in [-0.39, 0.29) is 13.2 Å². The molecule has 32 heavy (non-hydrogen) atoms. The molecule has 1 spiro atoms. The maximum atomic E-state index is 10.7. The molecule has 6 atom stereocenters. The van der Waals surface area contributed by atoms with Crippen LogP contribution in [0.25, 0.3) is 0 Å². The van der Waals surface area contributed by atoms with Gasteiger partial charge in [-0.15, -0.1) is 0 Å². The van der Waals surface area contributed by atoms with Gasteiger partial charge in [0.05, 0.1) is 6.61 Å². The van der Waals surface area contributed by atoms with Gasteiger partial charge in [0, 0.05) is 30.1 Å². The Morgan fingerprint density at radius 1 is 0.969 bits per heavy atom. The SMILES string of the molecule is CCOc1ccc(Cc2cc([C@@H]3OC4(C(CO)C4CO)[C@@H](O)C(O)[C@H]3O)ccc2Cl)cc1. The minimum absolute atomic E-state index is 0.304. The molecule has 3 unspecified atom stereocenters. The van der Waals surface area contributed by atoms with Crippen molar-refractivity contribution in [1.82, 2.24) is 0 Å². The minimum atomic E-state index is -1.48. The van der Waals surface area contributed by atoms with Crippen LogP contribution in [0.1, 0.15) is 29.7 Å². The number of benzene rings is 2. The van der Waals surface area contributed by atoms with Crippen LogP contribution >= 0.6 is 11.6 Å². The number of aliphatic hydroxyl groups is 5. The van der Waals surface area contributed by atoms with Gasteiger partial charge < -0.3 is 35.0 Å². The van der Waals surface area contributed by atoms with Crippen molar-refractivity contribution in [2.24, 2.45) is 11.8 Å². The van der Waals surface area contributed by atoms with E-state index in [2.05, 4.69) is 0 Å². The Kier molecular flexibility index (Phi) is 6.79. The number of ether oxygens (including phenoxy) is 2. The summed E-state index contributed by atoms with van der Waals surface area (Å²) in [6.07, 6.45) is -4.69. The minimum Gasteiger partial charge on any atom is -0.494 e. The monoisotopic (exact) mass is 464 g/mol. The Balaban J connectivity index is 1.60. The first-order valence-electron chi connectivity index (χ1n) is 10.8. The van der Waals surface area contributed by atoms with E-state index in [0.29, 0.717) is 23.6 Å². The summed E-state index contributed by atoms with van der Waals surface area (Å²) in [5.74, 6) is -0.264. The lowest BCUT2D eigenvalue weighted by Crippen LogP contribution is -2.57. The van der Waals surface area contributed by atoms with Crippen LogP contribution in [0.2, 0.25) is 5.02 Å². The van der Waals surface area contributed by atoms with Gasteiger partial charge in [-0.25, -0.2) is 0 Å². The van der Waals surface area contributed by atoms with E-state index in [1.807, 2.05) is 37.3 Å². The molecule has 1 heterocycles. The van der Waals surface area contributed by atoms with Crippen molar-refractivity contribution in [2.75, 3.05) is 19.8 Å². The van der Waals surface area contributed by atoms with E-state index < -0.39 is 41.9 Å². The first kappa shape index (κ1) is 23.4. The van der Waals surface area contributed by atoms with Crippen LogP contribution in [-0.4, -0.2) is 69.3 Å². The van der Waals surface area contributed by atoms with E-state index in [1.54, 1.807) is 12.1 Å². The third kappa shape index (κ3) is 3.92. The van der Waals surface area contributed by atoms with Crippen molar-refractivity contribution in [3.63, 3.8) is 0 Å². The van der Waals surface area contributed by atoms with Gasteiger partial charge in [0.25, 0.3) is 0 Å². The molecule has 4 rings (SSSR count). The second kappa shape index (κ2) is 9.27. The molecule has 1 aliphatic carbocycles. The highest BCUT2D eigenvalue weighted by molar-refractivity contribution is 6.31. The molecular weight excluding hydrogens is 436 g/mol. The molecule has 0 bridgehead atoms. The molecular formula is C24H29ClO7. The van der Waals surface area contributed by atoms with Crippen molar-refractivity contribution >= 4 is 11.6 Å². The third-order valence-corrected chi connectivity index (χ3v) is 7.10. The second-order valence-corrected chi connectivity index (χ2v) is 8.91. The van der Waals surface area contributed by atoms with Crippen LogP contribution in [0.4, 0.5) is 0 Å². The fraction of sp³-hybridized carbons (Fsp3) is 0.500. The number of rotatable bonds is 7. The number of hydrogen-bond donors (Lipinski definition) is 5. The first-order chi connectivity index (χ1) is 15.4. The van der Waals surface area contributed by atoms with Gasteiger partial charge in [-0.05, 0) is 48.2 Å². The number of halogens is 1. The van der Waals surface area contributed by atoms with E-state index in [4.69, 9.17) is 21.1 Å². The second-order valence-electron chi connectivity index (χ2n) is 8.50. The topological polar surface area (TPSA) is 120 Å². The summed E-state index contributed by atoms with van der Waals surface area (Å²) in [5.41, 5.74) is 1.12. The Labute approximate surface area is 191 Å². The molecule has 0 aromatic heterocycles. The summed E-state index contributed by atoms with van der Waals surface area (Å²) in [6.45, 7) is 1.91. The smallest absolute Gasteiger partial charge is 0.119 e. The van der Waals surface area contributed by atoms with Gasteiger partial charge >= 0.3 is 0 Å². The van der Waals surface area contributed by atoms with E-state index >= 15 is 0 Å². The predicted octanol–water partition coefficient (Wildman–Crippen LogP) is 1.45. The van der Waals surface area contributed by atoms with Crippen LogP contribution in [0.15, 0.2) is 42.5 Å². The lowest BCUT2D eigenvalue weighted by molar-refractivity contribution is -0.246. The first-order valence-corrected chi connectivity index (χ1v) is 11.2. The molecule has 8 heteroatoms. The van der Waals surface area contributed by atoms with Crippen LogP contribution in [0.3, 0.4) is 0 Å². The highest BCUT2D eigenvalue weighted by Gasteiger charge is 2.74. The van der Waals surface area contributed by atoms with E-state index in [0.717, 1.165) is 16.9 Å². The molecule has 2 fully saturated rings. The lowest BCUT2D eigenvalue weighted by Gasteiger charge is -2.42. The summed E-state index contributed by atoms with van der Waals surface area (Å²) in [4.78, 5) is 0. The van der Waals surface area contributed by atoms with Crippen molar-refractivity contribution in [3.8, 4) is 5.75 Å². The molecule has 5 N–H and O–H groups in total. The summed E-state index contributed by atoms with van der Waals surface area (Å²) in [6, 6.07) is 12.9. The van der Waals surface area contributed by atoms with Crippen LogP contribution < -0.4 is 4.74 Å². The van der Waals surface area contributed by atoms with Crippen molar-refractivity contribution in [1.29, 1.82) is 0 Å². The molecule has 174 valence electrons. The number of aliphatic hydroxyl groups excluding tert-OH is 5. The van der Waals surface area contributed by atoms with Gasteiger partial charge in [0.2, 0.25) is 0 Å². The van der Waals surface area contributed by atoms with Crippen LogP contribution in [-0.2, 0) is 11.2 Å². The lowest BCUT2D eigenvalue weighted by atomic mass is 9.87. The van der Waals surface area contributed by atoms with Gasteiger partial charge in [0.1, 0.15) is 35.8 Å². The zero-order valence-electron chi connectivity index (χ0n) is 17.8. The average molecular weight is 465 g/mol. The molecule has 7 nitrogen and oxygen atoms in total. The van der Waals surface area contributed by atoms with Crippen molar-refractivity contribution < 1.29 is 35.0 Å². The van der Waals surface area contributed by atoms with Gasteiger partial charge in [0.15, 0.2) is 0 Å². The van der Waals surface area contributed by atoms with Crippen molar-refractivity contribution in [3.05, 3.63) is 64.2 Å². The Morgan fingerprint density at radius 2 is 1.62 bits per heavy atom.